The second-order valence-corrected chi connectivity index (χ2v) is 7.23. The van der Waals surface area contributed by atoms with Crippen molar-refractivity contribution in [3.05, 3.63) is 71.9 Å². The average Bonchev–Trinajstić information content (AvgIpc) is 3.18. The number of aromatic nitrogens is 2. The highest BCUT2D eigenvalue weighted by Crippen LogP contribution is 2.26. The minimum atomic E-state index is -0.0680. The molecule has 0 saturated carbocycles. The van der Waals surface area contributed by atoms with E-state index in [-0.39, 0.29) is 11.8 Å². The summed E-state index contributed by atoms with van der Waals surface area (Å²) in [5.74, 6) is 1.42. The van der Waals surface area contributed by atoms with Gasteiger partial charge in [-0.05, 0) is 42.2 Å². The monoisotopic (exact) mass is 404 g/mol. The third kappa shape index (κ3) is 5.05. The Morgan fingerprint density at radius 2 is 2.00 bits per heavy atom. The molecule has 1 aliphatic heterocycles. The molecule has 0 atom stereocenters. The van der Waals surface area contributed by atoms with E-state index in [2.05, 4.69) is 15.7 Å². The molecule has 1 aromatic heterocycles. The fourth-order valence-electron chi connectivity index (χ4n) is 3.40. The minimum absolute atomic E-state index is 0.0484. The molecule has 1 aliphatic rings. The van der Waals surface area contributed by atoms with E-state index in [1.54, 1.807) is 16.9 Å². The smallest absolute Gasteiger partial charge is 0.225 e. The van der Waals surface area contributed by atoms with Gasteiger partial charge < -0.3 is 15.4 Å². The predicted molar refractivity (Wildman–Crippen MR) is 115 cm³/mol. The molecule has 2 amide bonds. The lowest BCUT2D eigenvalue weighted by molar-refractivity contribution is -0.117. The van der Waals surface area contributed by atoms with Crippen molar-refractivity contribution in [3.8, 4) is 5.75 Å². The second kappa shape index (κ2) is 9.26. The first kappa shape index (κ1) is 19.7. The maximum absolute atomic E-state index is 12.3. The number of amides is 2. The summed E-state index contributed by atoms with van der Waals surface area (Å²) in [7, 11) is 0. The molecule has 0 bridgehead atoms. The van der Waals surface area contributed by atoms with Crippen molar-refractivity contribution < 1.29 is 14.3 Å². The number of aryl methyl sites for hydroxylation is 1. The second-order valence-electron chi connectivity index (χ2n) is 7.23. The molecule has 7 heteroatoms. The lowest BCUT2D eigenvalue weighted by Crippen LogP contribution is -2.19. The van der Waals surface area contributed by atoms with Crippen molar-refractivity contribution in [1.29, 1.82) is 0 Å². The van der Waals surface area contributed by atoms with Crippen LogP contribution in [0.4, 0.5) is 11.5 Å². The van der Waals surface area contributed by atoms with Crippen LogP contribution >= 0.6 is 0 Å². The molecule has 0 fully saturated rings. The maximum atomic E-state index is 12.3. The SMILES string of the molecule is O=C1CCc2cc(OCCCC(=O)Nc3ccnn3Cc3ccccc3)ccc2N1. The van der Waals surface area contributed by atoms with E-state index in [9.17, 15) is 9.59 Å². The van der Waals surface area contributed by atoms with E-state index in [4.69, 9.17) is 4.74 Å². The van der Waals surface area contributed by atoms with Crippen LogP contribution in [-0.4, -0.2) is 28.2 Å². The number of benzene rings is 2. The number of fused-ring (bicyclic) bond motifs is 1. The molecule has 30 heavy (non-hydrogen) atoms. The van der Waals surface area contributed by atoms with Crippen molar-refractivity contribution in [2.45, 2.75) is 32.2 Å². The van der Waals surface area contributed by atoms with Gasteiger partial charge in [0.05, 0.1) is 19.3 Å². The number of carbonyl (C=O) groups excluding carboxylic acids is 2. The van der Waals surface area contributed by atoms with E-state index in [0.29, 0.717) is 38.2 Å². The average molecular weight is 404 g/mol. The van der Waals surface area contributed by atoms with E-state index >= 15 is 0 Å². The van der Waals surface area contributed by atoms with E-state index in [1.165, 1.54) is 0 Å². The number of hydrogen-bond donors (Lipinski definition) is 2. The standard InChI is InChI=1S/C23H24N4O3/c28-22(26-21-12-13-24-27(21)16-17-5-2-1-3-6-17)7-4-14-30-19-9-10-20-18(15-19)8-11-23(29)25-20/h1-3,5-6,9-10,12-13,15H,4,7-8,11,14,16H2,(H,25,29)(H,26,28). The van der Waals surface area contributed by atoms with Gasteiger partial charge in [0, 0.05) is 24.6 Å². The Labute approximate surface area is 175 Å². The van der Waals surface area contributed by atoms with Gasteiger partial charge in [-0.3, -0.25) is 9.59 Å². The maximum Gasteiger partial charge on any atom is 0.225 e. The Morgan fingerprint density at radius 3 is 2.87 bits per heavy atom. The molecular weight excluding hydrogens is 380 g/mol. The molecule has 0 saturated heterocycles. The summed E-state index contributed by atoms with van der Waals surface area (Å²) in [6.07, 6.45) is 3.86. The van der Waals surface area contributed by atoms with Crippen LogP contribution in [0.2, 0.25) is 0 Å². The number of nitrogens with zero attached hydrogens (tertiary/aromatic N) is 2. The molecular formula is C23H24N4O3. The largest absolute Gasteiger partial charge is 0.494 e. The third-order valence-corrected chi connectivity index (χ3v) is 4.95. The highest BCUT2D eigenvalue weighted by atomic mass is 16.5. The zero-order valence-electron chi connectivity index (χ0n) is 16.6. The Morgan fingerprint density at radius 1 is 1.13 bits per heavy atom. The zero-order chi connectivity index (χ0) is 20.8. The summed E-state index contributed by atoms with van der Waals surface area (Å²) < 4.78 is 7.55. The van der Waals surface area contributed by atoms with E-state index in [0.717, 1.165) is 29.0 Å². The van der Waals surface area contributed by atoms with Crippen molar-refractivity contribution in [2.75, 3.05) is 17.2 Å². The molecule has 154 valence electrons. The summed E-state index contributed by atoms with van der Waals surface area (Å²) in [5, 5.41) is 10.1. The van der Waals surface area contributed by atoms with Crippen LogP contribution < -0.4 is 15.4 Å². The van der Waals surface area contributed by atoms with Crippen molar-refractivity contribution in [1.82, 2.24) is 9.78 Å². The number of anilines is 2. The molecule has 2 heterocycles. The van der Waals surface area contributed by atoms with Crippen molar-refractivity contribution >= 4 is 23.3 Å². The molecule has 0 unspecified atom stereocenters. The Bertz CT molecular complexity index is 1030. The van der Waals surface area contributed by atoms with Gasteiger partial charge in [-0.2, -0.15) is 5.10 Å². The fraction of sp³-hybridized carbons (Fsp3) is 0.261. The highest BCUT2D eigenvalue weighted by molar-refractivity contribution is 5.94. The summed E-state index contributed by atoms with van der Waals surface area (Å²) >= 11 is 0. The third-order valence-electron chi connectivity index (χ3n) is 4.95. The first-order chi connectivity index (χ1) is 14.7. The lowest BCUT2D eigenvalue weighted by atomic mass is 10.0. The zero-order valence-corrected chi connectivity index (χ0v) is 16.6. The van der Waals surface area contributed by atoms with Crippen LogP contribution in [0.15, 0.2) is 60.8 Å². The van der Waals surface area contributed by atoms with Gasteiger partial charge in [0.1, 0.15) is 11.6 Å². The molecule has 2 aromatic carbocycles. The van der Waals surface area contributed by atoms with Crippen LogP contribution in [0, 0.1) is 0 Å². The molecule has 7 nitrogen and oxygen atoms in total. The summed E-state index contributed by atoms with van der Waals surface area (Å²) in [4.78, 5) is 23.7. The van der Waals surface area contributed by atoms with E-state index in [1.807, 2.05) is 48.5 Å². The number of ether oxygens (including phenoxy) is 1. The first-order valence-corrected chi connectivity index (χ1v) is 10.1. The molecule has 0 radical (unpaired) electrons. The number of nitrogens with one attached hydrogen (secondary N) is 2. The number of carbonyl (C=O) groups is 2. The normalized spacial score (nSPS) is 12.7. The number of rotatable bonds is 8. The molecule has 4 rings (SSSR count). The van der Waals surface area contributed by atoms with Gasteiger partial charge in [0.15, 0.2) is 0 Å². The minimum Gasteiger partial charge on any atom is -0.494 e. The summed E-state index contributed by atoms with van der Waals surface area (Å²) in [6, 6.07) is 17.4. The predicted octanol–water partition coefficient (Wildman–Crippen LogP) is 3.61. The quantitative estimate of drug-likeness (QED) is 0.562. The van der Waals surface area contributed by atoms with Crippen molar-refractivity contribution in [3.63, 3.8) is 0 Å². The Kier molecular flexibility index (Phi) is 6.08. The van der Waals surface area contributed by atoms with E-state index < -0.39 is 0 Å². The summed E-state index contributed by atoms with van der Waals surface area (Å²) in [6.45, 7) is 1.05. The molecule has 3 aromatic rings. The van der Waals surface area contributed by atoms with Crippen LogP contribution in [-0.2, 0) is 22.6 Å². The molecule has 2 N–H and O–H groups in total. The fourth-order valence-corrected chi connectivity index (χ4v) is 3.40. The van der Waals surface area contributed by atoms with Crippen LogP contribution in [0.25, 0.3) is 0 Å². The van der Waals surface area contributed by atoms with Gasteiger partial charge in [-0.1, -0.05) is 30.3 Å². The van der Waals surface area contributed by atoms with Gasteiger partial charge in [-0.15, -0.1) is 0 Å². The topological polar surface area (TPSA) is 85.2 Å². The molecule has 0 aliphatic carbocycles. The van der Waals surface area contributed by atoms with Gasteiger partial charge in [0.2, 0.25) is 11.8 Å². The van der Waals surface area contributed by atoms with Gasteiger partial charge in [-0.25, -0.2) is 4.68 Å². The molecule has 0 spiro atoms. The van der Waals surface area contributed by atoms with Crippen LogP contribution in [0.5, 0.6) is 5.75 Å². The Hall–Kier alpha value is -3.61. The van der Waals surface area contributed by atoms with Crippen LogP contribution in [0.1, 0.15) is 30.4 Å². The highest BCUT2D eigenvalue weighted by Gasteiger charge is 2.15. The van der Waals surface area contributed by atoms with Gasteiger partial charge in [0.25, 0.3) is 0 Å². The summed E-state index contributed by atoms with van der Waals surface area (Å²) in [5.41, 5.74) is 3.05. The lowest BCUT2D eigenvalue weighted by Gasteiger charge is -2.17. The first-order valence-electron chi connectivity index (χ1n) is 10.1. The van der Waals surface area contributed by atoms with Gasteiger partial charge >= 0.3 is 0 Å². The Balaban J connectivity index is 1.23. The number of hydrogen-bond acceptors (Lipinski definition) is 4. The van der Waals surface area contributed by atoms with Crippen molar-refractivity contribution in [2.24, 2.45) is 0 Å². The van der Waals surface area contributed by atoms with Crippen LogP contribution in [0.3, 0.4) is 0 Å².